The van der Waals surface area contributed by atoms with E-state index in [2.05, 4.69) is 10.3 Å². The van der Waals surface area contributed by atoms with Gasteiger partial charge in [0.15, 0.2) is 0 Å². The first-order valence-corrected chi connectivity index (χ1v) is 11.1. The Morgan fingerprint density at radius 1 is 1.00 bits per heavy atom. The molecule has 1 atom stereocenters. The first-order chi connectivity index (χ1) is 15.2. The lowest BCUT2D eigenvalue weighted by molar-refractivity contribution is -0.126. The number of likely N-dealkylation sites (tertiary alicyclic amines) is 2. The second-order valence-electron chi connectivity index (χ2n) is 8.18. The lowest BCUT2D eigenvalue weighted by atomic mass is 9.94. The summed E-state index contributed by atoms with van der Waals surface area (Å²) in [6.45, 7) is 2.94. The molecule has 2 saturated heterocycles. The van der Waals surface area contributed by atoms with Gasteiger partial charge in [-0.1, -0.05) is 24.3 Å². The number of nitrogens with zero attached hydrogens (tertiary/aromatic N) is 3. The summed E-state index contributed by atoms with van der Waals surface area (Å²) < 4.78 is 5.54. The topological polar surface area (TPSA) is 74.8 Å². The summed E-state index contributed by atoms with van der Waals surface area (Å²) in [5.41, 5.74) is 1.64. The van der Waals surface area contributed by atoms with Crippen molar-refractivity contribution in [2.45, 2.75) is 31.7 Å². The molecular formula is C24H30N4O3. The zero-order valence-electron chi connectivity index (χ0n) is 18.0. The van der Waals surface area contributed by atoms with Crippen molar-refractivity contribution in [2.24, 2.45) is 5.92 Å². The summed E-state index contributed by atoms with van der Waals surface area (Å²) in [6.07, 6.45) is 5.25. The van der Waals surface area contributed by atoms with Crippen molar-refractivity contribution in [2.75, 3.05) is 33.3 Å². The van der Waals surface area contributed by atoms with Gasteiger partial charge in [0.1, 0.15) is 5.75 Å². The van der Waals surface area contributed by atoms with Crippen molar-refractivity contribution in [3.8, 4) is 5.75 Å². The molecule has 2 aromatic rings. The number of hydrogen-bond acceptors (Lipinski definition) is 4. The quantitative estimate of drug-likeness (QED) is 0.803. The summed E-state index contributed by atoms with van der Waals surface area (Å²) in [5, 5.41) is 3.20. The minimum absolute atomic E-state index is 0.00479. The molecule has 3 heterocycles. The molecule has 2 aliphatic heterocycles. The van der Waals surface area contributed by atoms with Gasteiger partial charge >= 0.3 is 6.03 Å². The van der Waals surface area contributed by atoms with E-state index < -0.39 is 6.04 Å². The van der Waals surface area contributed by atoms with Crippen LogP contribution < -0.4 is 10.1 Å². The molecule has 7 heteroatoms. The highest BCUT2D eigenvalue weighted by molar-refractivity contribution is 5.80. The number of hydrogen-bond donors (Lipinski definition) is 1. The Morgan fingerprint density at radius 3 is 2.35 bits per heavy atom. The number of rotatable bonds is 5. The van der Waals surface area contributed by atoms with E-state index in [1.165, 1.54) is 0 Å². The van der Waals surface area contributed by atoms with Crippen molar-refractivity contribution in [3.63, 3.8) is 0 Å². The molecule has 0 spiro atoms. The van der Waals surface area contributed by atoms with Gasteiger partial charge in [0.25, 0.3) is 0 Å². The van der Waals surface area contributed by atoms with Gasteiger partial charge in [-0.05, 0) is 43.9 Å². The van der Waals surface area contributed by atoms with E-state index in [4.69, 9.17) is 4.74 Å². The standard InChI is InChI=1S/C24H30N4O3/c1-31-21-10-3-2-8-19(21)22(20-9-4-5-13-25-20)26-23(29)18-11-16-28(17-12-18)24(30)27-14-6-7-15-27/h2-5,8-10,13,18,22H,6-7,11-12,14-17H2,1H3,(H,26,29). The Labute approximate surface area is 183 Å². The fourth-order valence-electron chi connectivity index (χ4n) is 4.46. The molecule has 2 aliphatic rings. The smallest absolute Gasteiger partial charge is 0.319 e. The minimum Gasteiger partial charge on any atom is -0.496 e. The van der Waals surface area contributed by atoms with E-state index in [0.717, 1.165) is 37.2 Å². The van der Waals surface area contributed by atoms with Crippen LogP contribution in [-0.4, -0.2) is 60.0 Å². The summed E-state index contributed by atoms with van der Waals surface area (Å²) >= 11 is 0. The average Bonchev–Trinajstić information content (AvgIpc) is 3.37. The van der Waals surface area contributed by atoms with Crippen LogP contribution >= 0.6 is 0 Å². The summed E-state index contributed by atoms with van der Waals surface area (Å²) in [6, 6.07) is 13.1. The predicted molar refractivity (Wildman–Crippen MR) is 118 cm³/mol. The van der Waals surface area contributed by atoms with Crippen LogP contribution in [-0.2, 0) is 4.79 Å². The molecule has 164 valence electrons. The van der Waals surface area contributed by atoms with Crippen LogP contribution in [0.25, 0.3) is 0 Å². The van der Waals surface area contributed by atoms with Crippen molar-refractivity contribution in [1.29, 1.82) is 0 Å². The molecule has 1 aromatic heterocycles. The number of pyridine rings is 1. The first kappa shape index (κ1) is 21.2. The number of methoxy groups -OCH3 is 1. The second-order valence-corrected chi connectivity index (χ2v) is 8.18. The van der Waals surface area contributed by atoms with Gasteiger partial charge in [-0.15, -0.1) is 0 Å². The lowest BCUT2D eigenvalue weighted by Crippen LogP contribution is -2.48. The third-order valence-electron chi connectivity index (χ3n) is 6.23. The molecule has 1 aromatic carbocycles. The van der Waals surface area contributed by atoms with Gasteiger partial charge < -0.3 is 19.9 Å². The van der Waals surface area contributed by atoms with Gasteiger partial charge in [-0.2, -0.15) is 0 Å². The fourth-order valence-corrected chi connectivity index (χ4v) is 4.46. The van der Waals surface area contributed by atoms with Crippen molar-refractivity contribution >= 4 is 11.9 Å². The first-order valence-electron chi connectivity index (χ1n) is 11.1. The molecule has 1 N–H and O–H groups in total. The maximum atomic E-state index is 13.2. The third kappa shape index (κ3) is 4.81. The number of benzene rings is 1. The second kappa shape index (κ2) is 9.81. The third-order valence-corrected chi connectivity index (χ3v) is 6.23. The van der Waals surface area contributed by atoms with Crippen molar-refractivity contribution in [3.05, 3.63) is 59.9 Å². The number of aromatic nitrogens is 1. The van der Waals surface area contributed by atoms with E-state index in [0.29, 0.717) is 31.7 Å². The molecule has 31 heavy (non-hydrogen) atoms. The number of ether oxygens (including phenoxy) is 1. The molecule has 3 amide bonds. The van der Waals surface area contributed by atoms with Gasteiger partial charge in [0.05, 0.1) is 18.8 Å². The number of carbonyl (C=O) groups excluding carboxylic acids is 2. The fraction of sp³-hybridized carbons (Fsp3) is 0.458. The Morgan fingerprint density at radius 2 is 1.68 bits per heavy atom. The van der Waals surface area contributed by atoms with Gasteiger partial charge in [0.2, 0.25) is 5.91 Å². The maximum absolute atomic E-state index is 13.2. The molecule has 0 bridgehead atoms. The van der Waals surface area contributed by atoms with Crippen LogP contribution in [0.3, 0.4) is 0 Å². The van der Waals surface area contributed by atoms with E-state index in [9.17, 15) is 9.59 Å². The number of amides is 3. The van der Waals surface area contributed by atoms with Gasteiger partial charge in [0, 0.05) is 43.9 Å². The number of urea groups is 1. The summed E-state index contributed by atoms with van der Waals surface area (Å²) in [7, 11) is 1.63. The van der Waals surface area contributed by atoms with E-state index in [1.54, 1.807) is 13.3 Å². The molecule has 2 fully saturated rings. The number of piperidine rings is 1. The normalized spacial score (nSPS) is 18.0. The lowest BCUT2D eigenvalue weighted by Gasteiger charge is -2.34. The number of para-hydroxylation sites is 1. The Hall–Kier alpha value is -3.09. The molecule has 4 rings (SSSR count). The highest BCUT2D eigenvalue weighted by Crippen LogP contribution is 2.30. The molecule has 7 nitrogen and oxygen atoms in total. The Bertz CT molecular complexity index is 891. The maximum Gasteiger partial charge on any atom is 0.319 e. The van der Waals surface area contributed by atoms with E-state index in [1.807, 2.05) is 52.3 Å². The van der Waals surface area contributed by atoms with Crippen molar-refractivity contribution < 1.29 is 14.3 Å². The molecule has 0 saturated carbocycles. The van der Waals surface area contributed by atoms with Gasteiger partial charge in [-0.25, -0.2) is 4.79 Å². The van der Waals surface area contributed by atoms with Gasteiger partial charge in [-0.3, -0.25) is 9.78 Å². The van der Waals surface area contributed by atoms with Crippen LogP contribution in [0.1, 0.15) is 43.0 Å². The molecule has 1 unspecified atom stereocenters. The monoisotopic (exact) mass is 422 g/mol. The predicted octanol–water partition coefficient (Wildman–Crippen LogP) is 3.22. The van der Waals surface area contributed by atoms with Crippen LogP contribution in [0.4, 0.5) is 4.79 Å². The zero-order valence-corrected chi connectivity index (χ0v) is 18.0. The summed E-state index contributed by atoms with van der Waals surface area (Å²) in [4.78, 5) is 34.1. The average molecular weight is 423 g/mol. The number of nitrogens with one attached hydrogen (secondary N) is 1. The Kier molecular flexibility index (Phi) is 6.70. The minimum atomic E-state index is -0.394. The van der Waals surface area contributed by atoms with E-state index in [-0.39, 0.29) is 17.9 Å². The van der Waals surface area contributed by atoms with Crippen LogP contribution in [0.5, 0.6) is 5.75 Å². The number of carbonyl (C=O) groups is 2. The molecule has 0 aliphatic carbocycles. The molecular weight excluding hydrogens is 392 g/mol. The van der Waals surface area contributed by atoms with Crippen molar-refractivity contribution in [1.82, 2.24) is 20.1 Å². The zero-order chi connectivity index (χ0) is 21.6. The van der Waals surface area contributed by atoms with Crippen LogP contribution in [0, 0.1) is 5.92 Å². The molecule has 0 radical (unpaired) electrons. The SMILES string of the molecule is COc1ccccc1C(NC(=O)C1CCN(C(=O)N2CCCC2)CC1)c1ccccn1. The highest BCUT2D eigenvalue weighted by atomic mass is 16.5. The summed E-state index contributed by atoms with van der Waals surface area (Å²) in [5.74, 6) is 0.586. The highest BCUT2D eigenvalue weighted by Gasteiger charge is 2.32. The van der Waals surface area contributed by atoms with Crippen LogP contribution in [0.15, 0.2) is 48.7 Å². The Balaban J connectivity index is 1.44. The largest absolute Gasteiger partial charge is 0.496 e. The van der Waals surface area contributed by atoms with E-state index >= 15 is 0 Å². The van der Waals surface area contributed by atoms with Crippen LogP contribution in [0.2, 0.25) is 0 Å².